The van der Waals surface area contributed by atoms with Crippen LogP contribution in [0.15, 0.2) is 34.1 Å². The van der Waals surface area contributed by atoms with E-state index < -0.39 is 25.0 Å². The number of hydrogen-bond donors (Lipinski definition) is 3. The molecular formula is C7H12N2O5S2. The van der Waals surface area contributed by atoms with Crippen molar-refractivity contribution in [2.75, 3.05) is 7.05 Å². The summed E-state index contributed by atoms with van der Waals surface area (Å²) in [5.41, 5.74) is 4.50. The Morgan fingerprint density at radius 3 is 1.88 bits per heavy atom. The average molecular weight is 268 g/mol. The highest BCUT2D eigenvalue weighted by molar-refractivity contribution is 7.89. The van der Waals surface area contributed by atoms with Gasteiger partial charge in [0.2, 0.25) is 10.0 Å². The zero-order valence-corrected chi connectivity index (χ0v) is 9.99. The summed E-state index contributed by atoms with van der Waals surface area (Å²) in [6.07, 6.45) is 0. The molecule has 1 rings (SSSR count). The van der Waals surface area contributed by atoms with Gasteiger partial charge >= 0.3 is 0 Å². The van der Waals surface area contributed by atoms with Gasteiger partial charge in [0.15, 0.2) is 0 Å². The minimum Gasteiger partial charge on any atom is -0.333 e. The van der Waals surface area contributed by atoms with Crippen LogP contribution in [0.1, 0.15) is 0 Å². The summed E-state index contributed by atoms with van der Waals surface area (Å²) >= 11 is 0. The highest BCUT2D eigenvalue weighted by atomic mass is 32.2. The Bertz CT molecular complexity index is 503. The van der Waals surface area contributed by atoms with E-state index >= 15 is 0 Å². The predicted molar refractivity (Wildman–Crippen MR) is 57.7 cm³/mol. The van der Waals surface area contributed by atoms with Crippen LogP contribution in [0.4, 0.5) is 0 Å². The summed E-state index contributed by atoms with van der Waals surface area (Å²) in [5, 5.41) is 4.76. The van der Waals surface area contributed by atoms with E-state index in [4.69, 9.17) is 9.69 Å². The molecule has 0 aromatic heterocycles. The largest absolute Gasteiger partial charge is 0.333 e. The third-order valence-electron chi connectivity index (χ3n) is 1.43. The fourth-order valence-corrected chi connectivity index (χ4v) is 1.97. The second kappa shape index (κ2) is 5.37. The summed E-state index contributed by atoms with van der Waals surface area (Å²) in [6, 6.07) is 4.14. The van der Waals surface area contributed by atoms with Crippen LogP contribution in [0, 0.1) is 0 Å². The molecule has 1 aromatic rings. The zero-order valence-electron chi connectivity index (χ0n) is 8.36. The number of sulfonamides is 1. The number of benzene rings is 1. The quantitative estimate of drug-likeness (QED) is 0.597. The molecule has 0 heterocycles. The summed E-state index contributed by atoms with van der Waals surface area (Å²) in [7, 11) is -6.87. The smallest absolute Gasteiger partial charge is 0.294 e. The molecule has 0 saturated carbocycles. The van der Waals surface area contributed by atoms with Crippen molar-refractivity contribution in [2.24, 2.45) is 10.9 Å². The van der Waals surface area contributed by atoms with Crippen LogP contribution in [0.25, 0.3) is 0 Å². The van der Waals surface area contributed by atoms with Gasteiger partial charge in [0.1, 0.15) is 0 Å². The number of hydrogen-bond acceptors (Lipinski definition) is 5. The first-order chi connectivity index (χ1) is 7.21. The van der Waals surface area contributed by atoms with Crippen LogP contribution in [0.5, 0.6) is 0 Å². The average Bonchev–Trinajstić information content (AvgIpc) is 2.18. The molecule has 0 saturated heterocycles. The van der Waals surface area contributed by atoms with Crippen molar-refractivity contribution < 1.29 is 21.4 Å². The van der Waals surface area contributed by atoms with Crippen LogP contribution in [0.3, 0.4) is 0 Å². The molecule has 16 heavy (non-hydrogen) atoms. The molecular weight excluding hydrogens is 256 g/mol. The Hall–Kier alpha value is -1.00. The summed E-state index contributed by atoms with van der Waals surface area (Å²) in [6.45, 7) is 0. The molecule has 92 valence electrons. The van der Waals surface area contributed by atoms with Gasteiger partial charge in [-0.2, -0.15) is 8.42 Å². The second-order valence-corrected chi connectivity index (χ2v) is 5.48. The molecule has 0 radical (unpaired) electrons. The Labute approximate surface area is 93.9 Å². The maximum Gasteiger partial charge on any atom is 0.294 e. The van der Waals surface area contributed by atoms with E-state index in [-0.39, 0.29) is 4.90 Å². The van der Waals surface area contributed by atoms with Gasteiger partial charge in [0.25, 0.3) is 10.1 Å². The first-order valence-electron chi connectivity index (χ1n) is 3.89. The molecule has 0 aliphatic carbocycles. The van der Waals surface area contributed by atoms with Gasteiger partial charge < -0.3 is 5.73 Å². The van der Waals surface area contributed by atoms with Gasteiger partial charge in [0.05, 0.1) is 9.79 Å². The summed E-state index contributed by atoms with van der Waals surface area (Å²) < 4.78 is 51.5. The van der Waals surface area contributed by atoms with E-state index in [2.05, 4.69) is 5.73 Å². The number of rotatable bonds is 2. The van der Waals surface area contributed by atoms with Crippen molar-refractivity contribution in [3.05, 3.63) is 24.3 Å². The Morgan fingerprint density at radius 2 is 1.50 bits per heavy atom. The van der Waals surface area contributed by atoms with Crippen LogP contribution < -0.4 is 10.9 Å². The van der Waals surface area contributed by atoms with Gasteiger partial charge in [-0.3, -0.25) is 4.55 Å². The van der Waals surface area contributed by atoms with Crippen molar-refractivity contribution in [3.8, 4) is 0 Å². The molecule has 0 aliphatic heterocycles. The van der Waals surface area contributed by atoms with Crippen LogP contribution in [-0.2, 0) is 20.1 Å². The molecule has 7 nitrogen and oxygen atoms in total. The van der Waals surface area contributed by atoms with Gasteiger partial charge in [0, 0.05) is 0 Å². The van der Waals surface area contributed by atoms with Gasteiger partial charge in [-0.05, 0) is 25.2 Å². The van der Waals surface area contributed by atoms with Crippen molar-refractivity contribution in [1.82, 2.24) is 0 Å². The van der Waals surface area contributed by atoms with Crippen LogP contribution in [-0.4, -0.2) is 28.4 Å². The molecule has 0 atom stereocenters. The van der Waals surface area contributed by atoms with Gasteiger partial charge in [-0.25, -0.2) is 13.6 Å². The van der Waals surface area contributed by atoms with E-state index in [1.807, 2.05) is 0 Å². The van der Waals surface area contributed by atoms with Gasteiger partial charge in [-0.15, -0.1) is 0 Å². The molecule has 1 aromatic carbocycles. The van der Waals surface area contributed by atoms with Gasteiger partial charge in [-0.1, -0.05) is 6.07 Å². The minimum absolute atomic E-state index is 0.368. The lowest BCUT2D eigenvalue weighted by Gasteiger charge is -1.99. The topological polar surface area (TPSA) is 141 Å². The highest BCUT2D eigenvalue weighted by Gasteiger charge is 2.14. The monoisotopic (exact) mass is 268 g/mol. The Kier molecular flexibility index (Phi) is 5.03. The highest BCUT2D eigenvalue weighted by Crippen LogP contribution is 2.13. The zero-order chi connectivity index (χ0) is 13.0. The van der Waals surface area contributed by atoms with Crippen molar-refractivity contribution in [3.63, 3.8) is 0 Å². The second-order valence-electron chi connectivity index (χ2n) is 2.49. The number of nitrogens with two attached hydrogens (primary N) is 2. The molecule has 0 spiro atoms. The lowest BCUT2D eigenvalue weighted by atomic mass is 10.4. The minimum atomic E-state index is -4.41. The Balaban J connectivity index is 0.00000106. The molecule has 0 bridgehead atoms. The maximum absolute atomic E-state index is 10.8. The van der Waals surface area contributed by atoms with Crippen LogP contribution >= 0.6 is 0 Å². The van der Waals surface area contributed by atoms with Crippen molar-refractivity contribution >= 4 is 20.1 Å². The summed E-state index contributed by atoms with van der Waals surface area (Å²) in [4.78, 5) is -0.878. The predicted octanol–water partition coefficient (Wildman–Crippen LogP) is -0.844. The lowest BCUT2D eigenvalue weighted by molar-refractivity contribution is 0.483. The van der Waals surface area contributed by atoms with Crippen molar-refractivity contribution in [1.29, 1.82) is 0 Å². The van der Waals surface area contributed by atoms with Crippen molar-refractivity contribution in [2.45, 2.75) is 9.79 Å². The first-order valence-corrected chi connectivity index (χ1v) is 6.88. The lowest BCUT2D eigenvalue weighted by Crippen LogP contribution is -2.12. The number of primary sulfonamides is 1. The van der Waals surface area contributed by atoms with E-state index in [0.717, 1.165) is 18.2 Å². The molecule has 0 fully saturated rings. The fraction of sp³-hybridized carbons (Fsp3) is 0.143. The maximum atomic E-state index is 10.8. The molecule has 0 aliphatic rings. The molecule has 5 N–H and O–H groups in total. The van der Waals surface area contributed by atoms with E-state index in [1.54, 1.807) is 0 Å². The fourth-order valence-electron chi connectivity index (χ4n) is 0.812. The van der Waals surface area contributed by atoms with E-state index in [9.17, 15) is 16.8 Å². The SMILES string of the molecule is CN.NS(=O)(=O)c1cccc(S(=O)(=O)O)c1. The molecule has 9 heteroatoms. The Morgan fingerprint density at radius 1 is 1.06 bits per heavy atom. The van der Waals surface area contributed by atoms with E-state index in [0.29, 0.717) is 0 Å². The summed E-state index contributed by atoms with van der Waals surface area (Å²) in [5.74, 6) is 0. The molecule has 0 unspecified atom stereocenters. The normalized spacial score (nSPS) is 11.5. The third kappa shape index (κ3) is 4.24. The standard InChI is InChI=1S/C6H7NO5S2.CH5N/c7-13(8,9)5-2-1-3-6(4-5)14(10,11)12;1-2/h1-4H,(H2,7,8,9)(H,10,11,12);2H2,1H3. The third-order valence-corrected chi connectivity index (χ3v) is 3.19. The van der Waals surface area contributed by atoms with Crippen LogP contribution in [0.2, 0.25) is 0 Å². The molecule has 0 amide bonds. The first kappa shape index (κ1) is 15.0. The van der Waals surface area contributed by atoms with E-state index in [1.165, 1.54) is 13.1 Å².